The SMILES string of the molecule is COc1ccc2nc(N3CCN(CCNC(=O)c4ccc(NS(=O)(=O)c5ccccc5)cc4)CC3)sc2c1. The van der Waals surface area contributed by atoms with Crippen molar-refractivity contribution < 1.29 is 17.9 Å². The maximum absolute atomic E-state index is 12.6. The lowest BCUT2D eigenvalue weighted by molar-refractivity contribution is 0.0948. The van der Waals surface area contributed by atoms with Crippen molar-refractivity contribution in [2.75, 3.05) is 56.0 Å². The average molecular weight is 552 g/mol. The molecule has 1 aliphatic heterocycles. The van der Waals surface area contributed by atoms with Crippen LogP contribution in [0.3, 0.4) is 0 Å². The number of sulfonamides is 1. The van der Waals surface area contributed by atoms with Gasteiger partial charge in [-0.1, -0.05) is 29.5 Å². The summed E-state index contributed by atoms with van der Waals surface area (Å²) in [5.41, 5.74) is 1.86. The van der Waals surface area contributed by atoms with Crippen molar-refractivity contribution in [2.45, 2.75) is 4.90 Å². The molecule has 0 spiro atoms. The third-order valence-corrected chi connectivity index (χ3v) is 8.87. The second-order valence-electron chi connectivity index (χ2n) is 8.91. The molecule has 5 rings (SSSR count). The Kier molecular flexibility index (Phi) is 7.77. The van der Waals surface area contributed by atoms with Crippen LogP contribution in [0.2, 0.25) is 0 Å². The number of hydrogen-bond donors (Lipinski definition) is 2. The largest absolute Gasteiger partial charge is 0.497 e. The average Bonchev–Trinajstić information content (AvgIpc) is 3.37. The fraction of sp³-hybridized carbons (Fsp3) is 0.259. The molecular weight excluding hydrogens is 522 g/mol. The highest BCUT2D eigenvalue weighted by atomic mass is 32.2. The van der Waals surface area contributed by atoms with Gasteiger partial charge in [0.1, 0.15) is 5.75 Å². The number of ether oxygens (including phenoxy) is 1. The molecule has 1 aliphatic rings. The van der Waals surface area contributed by atoms with Gasteiger partial charge in [0.25, 0.3) is 15.9 Å². The minimum absolute atomic E-state index is 0.184. The summed E-state index contributed by atoms with van der Waals surface area (Å²) in [5.74, 6) is 0.647. The monoisotopic (exact) mass is 551 g/mol. The van der Waals surface area contributed by atoms with Gasteiger partial charge in [0, 0.05) is 50.5 Å². The first-order valence-corrected chi connectivity index (χ1v) is 14.6. The highest BCUT2D eigenvalue weighted by Crippen LogP contribution is 2.31. The van der Waals surface area contributed by atoms with E-state index in [4.69, 9.17) is 9.72 Å². The number of carbonyl (C=O) groups is 1. The van der Waals surface area contributed by atoms with Crippen LogP contribution in [-0.2, 0) is 10.0 Å². The molecular formula is C27H29N5O4S2. The number of nitrogens with zero attached hydrogens (tertiary/aromatic N) is 3. The normalized spacial score (nSPS) is 14.4. The lowest BCUT2D eigenvalue weighted by atomic mass is 10.2. The summed E-state index contributed by atoms with van der Waals surface area (Å²) in [7, 11) is -2.01. The molecule has 0 unspecified atom stereocenters. The van der Waals surface area contributed by atoms with Crippen molar-refractivity contribution in [1.29, 1.82) is 0 Å². The second kappa shape index (κ2) is 11.4. The van der Waals surface area contributed by atoms with E-state index in [1.807, 2.05) is 18.2 Å². The third kappa shape index (κ3) is 6.07. The van der Waals surface area contributed by atoms with E-state index in [1.54, 1.807) is 60.9 Å². The van der Waals surface area contributed by atoms with Gasteiger partial charge in [-0.15, -0.1) is 0 Å². The number of fused-ring (bicyclic) bond motifs is 1. The van der Waals surface area contributed by atoms with E-state index in [1.165, 1.54) is 12.1 Å². The van der Waals surface area contributed by atoms with Crippen LogP contribution in [0.4, 0.5) is 10.8 Å². The van der Waals surface area contributed by atoms with Crippen LogP contribution in [0.5, 0.6) is 5.75 Å². The standard InChI is InChI=1S/C27H29N5O4S2/c1-36-22-11-12-24-25(19-22)37-27(29-24)32-17-15-31(16-18-32)14-13-28-26(33)20-7-9-21(10-8-20)30-38(34,35)23-5-3-2-4-6-23/h2-12,19,30H,13-18H2,1H3,(H,28,33). The predicted molar refractivity (Wildman–Crippen MR) is 151 cm³/mol. The quantitative estimate of drug-likeness (QED) is 0.327. The van der Waals surface area contributed by atoms with E-state index in [0.29, 0.717) is 17.8 Å². The molecule has 1 fully saturated rings. The molecule has 198 valence electrons. The van der Waals surface area contributed by atoms with Crippen LogP contribution >= 0.6 is 11.3 Å². The number of benzene rings is 3. The molecule has 4 aromatic rings. The number of thiazole rings is 1. The Bertz CT molecular complexity index is 1500. The van der Waals surface area contributed by atoms with Crippen molar-refractivity contribution in [2.24, 2.45) is 0 Å². The molecule has 1 aromatic heterocycles. The zero-order valence-electron chi connectivity index (χ0n) is 21.0. The number of nitrogens with one attached hydrogen (secondary N) is 2. The molecule has 0 atom stereocenters. The Morgan fingerprint density at radius 3 is 2.45 bits per heavy atom. The van der Waals surface area contributed by atoms with Gasteiger partial charge in [-0.2, -0.15) is 0 Å². The molecule has 0 aliphatic carbocycles. The number of carbonyl (C=O) groups excluding carboxylic acids is 1. The fourth-order valence-electron chi connectivity index (χ4n) is 4.25. The molecule has 1 saturated heterocycles. The number of rotatable bonds is 9. The van der Waals surface area contributed by atoms with Gasteiger partial charge in [0.15, 0.2) is 5.13 Å². The van der Waals surface area contributed by atoms with Crippen molar-refractivity contribution in [3.05, 3.63) is 78.4 Å². The van der Waals surface area contributed by atoms with Gasteiger partial charge >= 0.3 is 0 Å². The van der Waals surface area contributed by atoms with Crippen LogP contribution in [0, 0.1) is 0 Å². The van der Waals surface area contributed by atoms with E-state index >= 15 is 0 Å². The first kappa shape index (κ1) is 26.0. The molecule has 3 aromatic carbocycles. The van der Waals surface area contributed by atoms with Gasteiger partial charge in [-0.25, -0.2) is 13.4 Å². The Hall–Kier alpha value is -3.67. The molecule has 2 N–H and O–H groups in total. The second-order valence-corrected chi connectivity index (χ2v) is 11.6. The Morgan fingerprint density at radius 2 is 1.74 bits per heavy atom. The molecule has 0 radical (unpaired) electrons. The molecule has 0 bridgehead atoms. The minimum Gasteiger partial charge on any atom is -0.497 e. The van der Waals surface area contributed by atoms with Crippen molar-refractivity contribution in [3.63, 3.8) is 0 Å². The number of hydrogen-bond acceptors (Lipinski definition) is 8. The zero-order chi connectivity index (χ0) is 26.5. The summed E-state index contributed by atoms with van der Waals surface area (Å²) in [5, 5.41) is 3.98. The topological polar surface area (TPSA) is 104 Å². The Labute approximate surface area is 226 Å². The molecule has 9 nitrogen and oxygen atoms in total. The van der Waals surface area contributed by atoms with Crippen LogP contribution in [0.25, 0.3) is 10.2 Å². The van der Waals surface area contributed by atoms with Gasteiger partial charge in [-0.3, -0.25) is 14.4 Å². The van der Waals surface area contributed by atoms with Crippen LogP contribution in [0.15, 0.2) is 77.7 Å². The summed E-state index contributed by atoms with van der Waals surface area (Å²) in [6.45, 7) is 4.83. The maximum atomic E-state index is 12.6. The van der Waals surface area contributed by atoms with E-state index in [9.17, 15) is 13.2 Å². The van der Waals surface area contributed by atoms with Gasteiger partial charge in [0.05, 0.1) is 22.2 Å². The zero-order valence-corrected chi connectivity index (χ0v) is 22.6. The lowest BCUT2D eigenvalue weighted by Crippen LogP contribution is -2.48. The van der Waals surface area contributed by atoms with E-state index in [2.05, 4.69) is 19.8 Å². The highest BCUT2D eigenvalue weighted by Gasteiger charge is 2.20. The number of piperazine rings is 1. The summed E-state index contributed by atoms with van der Waals surface area (Å²) >= 11 is 1.68. The first-order valence-electron chi connectivity index (χ1n) is 12.3. The molecule has 11 heteroatoms. The summed E-state index contributed by atoms with van der Waals surface area (Å²) in [4.78, 5) is 22.2. The minimum atomic E-state index is -3.67. The molecule has 38 heavy (non-hydrogen) atoms. The molecule has 0 saturated carbocycles. The molecule has 1 amide bonds. The summed E-state index contributed by atoms with van der Waals surface area (Å²) < 4.78 is 33.9. The van der Waals surface area contributed by atoms with Crippen LogP contribution in [0.1, 0.15) is 10.4 Å². The smallest absolute Gasteiger partial charge is 0.261 e. The highest BCUT2D eigenvalue weighted by molar-refractivity contribution is 7.92. The first-order chi connectivity index (χ1) is 18.4. The Balaban J connectivity index is 1.07. The van der Waals surface area contributed by atoms with Crippen LogP contribution in [-0.4, -0.2) is 70.6 Å². The predicted octanol–water partition coefficient (Wildman–Crippen LogP) is 3.66. The van der Waals surface area contributed by atoms with E-state index < -0.39 is 10.0 Å². The van der Waals surface area contributed by atoms with Crippen molar-refractivity contribution >= 4 is 48.3 Å². The Morgan fingerprint density at radius 1 is 1.00 bits per heavy atom. The fourth-order valence-corrected chi connectivity index (χ4v) is 6.38. The number of amides is 1. The number of methoxy groups -OCH3 is 1. The summed E-state index contributed by atoms with van der Waals surface area (Å²) in [6.07, 6.45) is 0. The van der Waals surface area contributed by atoms with Crippen LogP contribution < -0.4 is 19.7 Å². The number of anilines is 2. The van der Waals surface area contributed by atoms with E-state index in [-0.39, 0.29) is 10.8 Å². The third-order valence-electron chi connectivity index (χ3n) is 6.39. The van der Waals surface area contributed by atoms with Crippen molar-refractivity contribution in [3.8, 4) is 5.75 Å². The molecule has 2 heterocycles. The van der Waals surface area contributed by atoms with Gasteiger partial charge < -0.3 is 15.0 Å². The maximum Gasteiger partial charge on any atom is 0.261 e. The lowest BCUT2D eigenvalue weighted by Gasteiger charge is -2.34. The van der Waals surface area contributed by atoms with Gasteiger partial charge in [0.2, 0.25) is 0 Å². The van der Waals surface area contributed by atoms with Gasteiger partial charge in [-0.05, 0) is 54.6 Å². The number of aromatic nitrogens is 1. The van der Waals surface area contributed by atoms with E-state index in [0.717, 1.165) is 53.8 Å². The van der Waals surface area contributed by atoms with Crippen molar-refractivity contribution in [1.82, 2.24) is 15.2 Å². The summed E-state index contributed by atoms with van der Waals surface area (Å²) in [6, 6.07) is 20.5.